The molecular formula is C11H11N3O4. The van der Waals surface area contributed by atoms with Crippen LogP contribution in [-0.2, 0) is 4.74 Å². The van der Waals surface area contributed by atoms with Gasteiger partial charge in [-0.2, -0.15) is 5.26 Å². The van der Waals surface area contributed by atoms with Gasteiger partial charge in [0.1, 0.15) is 0 Å². The van der Waals surface area contributed by atoms with Gasteiger partial charge in [-0.3, -0.25) is 10.1 Å². The number of nitriles is 1. The molecule has 0 bridgehead atoms. The summed E-state index contributed by atoms with van der Waals surface area (Å²) in [6.07, 6.45) is 0. The molecule has 0 aliphatic carbocycles. The highest BCUT2D eigenvalue weighted by Gasteiger charge is 2.25. The maximum Gasteiger partial charge on any atom is 0.312 e. The van der Waals surface area contributed by atoms with Gasteiger partial charge in [-0.05, 0) is 6.07 Å². The van der Waals surface area contributed by atoms with Gasteiger partial charge in [0.05, 0.1) is 35.8 Å². The Hall–Kier alpha value is -2.17. The predicted molar refractivity (Wildman–Crippen MR) is 61.0 cm³/mol. The van der Waals surface area contributed by atoms with Crippen LogP contribution in [0.4, 0.5) is 5.69 Å². The van der Waals surface area contributed by atoms with Crippen LogP contribution in [0.25, 0.3) is 0 Å². The molecule has 0 spiro atoms. The number of ether oxygens (including phenoxy) is 1. The van der Waals surface area contributed by atoms with Crippen molar-refractivity contribution >= 4 is 5.69 Å². The van der Waals surface area contributed by atoms with Crippen molar-refractivity contribution in [3.63, 3.8) is 0 Å². The number of nitrogens with zero attached hydrogens (tertiary/aromatic N) is 2. The van der Waals surface area contributed by atoms with E-state index in [1.807, 2.05) is 6.07 Å². The van der Waals surface area contributed by atoms with Crippen molar-refractivity contribution in [2.75, 3.05) is 19.8 Å². The van der Waals surface area contributed by atoms with Crippen molar-refractivity contribution in [3.8, 4) is 11.8 Å². The molecule has 0 unspecified atom stereocenters. The summed E-state index contributed by atoms with van der Waals surface area (Å²) in [5.41, 5.74) is -0.00116. The van der Waals surface area contributed by atoms with Crippen LogP contribution in [0, 0.1) is 21.4 Å². The Kier molecular flexibility index (Phi) is 3.41. The van der Waals surface area contributed by atoms with E-state index >= 15 is 0 Å². The number of rotatable bonds is 2. The molecule has 1 aromatic rings. The summed E-state index contributed by atoms with van der Waals surface area (Å²) >= 11 is 0. The lowest BCUT2D eigenvalue weighted by molar-refractivity contribution is -0.386. The fourth-order valence-corrected chi connectivity index (χ4v) is 1.88. The van der Waals surface area contributed by atoms with Gasteiger partial charge in [0.25, 0.3) is 0 Å². The molecule has 7 nitrogen and oxygen atoms in total. The van der Waals surface area contributed by atoms with Crippen molar-refractivity contribution in [2.45, 2.75) is 6.04 Å². The van der Waals surface area contributed by atoms with Crippen LogP contribution in [0.3, 0.4) is 0 Å². The average molecular weight is 249 g/mol. The number of hydrogen-bond donors (Lipinski definition) is 2. The number of benzene rings is 1. The van der Waals surface area contributed by atoms with Crippen LogP contribution in [0.15, 0.2) is 12.1 Å². The molecule has 0 radical (unpaired) electrons. The SMILES string of the molecule is N#Cc1cc([C@H]2COCCN2)c(O)c([N+](=O)[O-])c1. The summed E-state index contributed by atoms with van der Waals surface area (Å²) in [5, 5.41) is 32.6. The van der Waals surface area contributed by atoms with Gasteiger partial charge in [-0.15, -0.1) is 0 Å². The van der Waals surface area contributed by atoms with Crippen LogP contribution in [-0.4, -0.2) is 29.8 Å². The molecule has 0 saturated carbocycles. The van der Waals surface area contributed by atoms with E-state index in [1.165, 1.54) is 6.07 Å². The molecule has 2 rings (SSSR count). The molecule has 0 amide bonds. The smallest absolute Gasteiger partial charge is 0.312 e. The first-order valence-corrected chi connectivity index (χ1v) is 5.36. The van der Waals surface area contributed by atoms with Crippen molar-refractivity contribution in [1.29, 1.82) is 5.26 Å². The number of phenols is 1. The van der Waals surface area contributed by atoms with Crippen LogP contribution >= 0.6 is 0 Å². The largest absolute Gasteiger partial charge is 0.502 e. The lowest BCUT2D eigenvalue weighted by Crippen LogP contribution is -2.34. The maximum absolute atomic E-state index is 10.8. The van der Waals surface area contributed by atoms with Gasteiger partial charge in [0.2, 0.25) is 0 Å². The Morgan fingerprint density at radius 1 is 1.61 bits per heavy atom. The lowest BCUT2D eigenvalue weighted by atomic mass is 10.0. The second-order valence-corrected chi connectivity index (χ2v) is 3.88. The predicted octanol–water partition coefficient (Wildman–Crippen LogP) is 0.833. The van der Waals surface area contributed by atoms with Crippen molar-refractivity contribution in [3.05, 3.63) is 33.4 Å². The first kappa shape index (κ1) is 12.3. The van der Waals surface area contributed by atoms with Crippen LogP contribution < -0.4 is 5.32 Å². The van der Waals surface area contributed by atoms with Gasteiger partial charge in [-0.1, -0.05) is 0 Å². The maximum atomic E-state index is 10.8. The van der Waals surface area contributed by atoms with Crippen LogP contribution in [0.1, 0.15) is 17.2 Å². The normalized spacial score (nSPS) is 19.2. The van der Waals surface area contributed by atoms with E-state index < -0.39 is 16.4 Å². The average Bonchev–Trinajstić information content (AvgIpc) is 2.39. The van der Waals surface area contributed by atoms with Gasteiger partial charge >= 0.3 is 5.69 Å². The standard InChI is InChI=1S/C11H11N3O4/c12-5-7-3-8(9-6-18-2-1-13-9)11(15)10(4-7)14(16)17/h3-4,9,13,15H,1-2,6H2/t9-/m1/s1. The van der Waals surface area contributed by atoms with Crippen molar-refractivity contribution in [1.82, 2.24) is 5.32 Å². The Balaban J connectivity index is 2.48. The summed E-state index contributed by atoms with van der Waals surface area (Å²) in [5.74, 6) is -0.415. The van der Waals surface area contributed by atoms with Crippen molar-refractivity contribution in [2.24, 2.45) is 0 Å². The molecule has 1 saturated heterocycles. The molecule has 1 aliphatic heterocycles. The third kappa shape index (κ3) is 2.25. The second kappa shape index (κ2) is 5.00. The molecule has 1 heterocycles. The molecule has 1 aromatic carbocycles. The van der Waals surface area contributed by atoms with E-state index in [-0.39, 0.29) is 11.6 Å². The van der Waals surface area contributed by atoms with E-state index in [0.29, 0.717) is 25.3 Å². The second-order valence-electron chi connectivity index (χ2n) is 3.88. The zero-order valence-corrected chi connectivity index (χ0v) is 9.42. The fraction of sp³-hybridized carbons (Fsp3) is 0.364. The Bertz CT molecular complexity index is 518. The minimum atomic E-state index is -0.705. The highest BCUT2D eigenvalue weighted by molar-refractivity contribution is 5.57. The monoisotopic (exact) mass is 249 g/mol. The number of phenolic OH excluding ortho intramolecular Hbond substituents is 1. The third-order valence-corrected chi connectivity index (χ3v) is 2.74. The molecule has 1 atom stereocenters. The van der Waals surface area contributed by atoms with Gasteiger partial charge in [-0.25, -0.2) is 0 Å². The molecular weight excluding hydrogens is 238 g/mol. The molecule has 1 aliphatic rings. The minimum absolute atomic E-state index is 0.141. The minimum Gasteiger partial charge on any atom is -0.502 e. The number of nitrogens with one attached hydrogen (secondary N) is 1. The van der Waals surface area contributed by atoms with Gasteiger partial charge < -0.3 is 15.2 Å². The lowest BCUT2D eigenvalue weighted by Gasteiger charge is -2.24. The van der Waals surface area contributed by atoms with Gasteiger partial charge in [0.15, 0.2) is 5.75 Å². The van der Waals surface area contributed by atoms with E-state index in [4.69, 9.17) is 10.00 Å². The fourth-order valence-electron chi connectivity index (χ4n) is 1.88. The number of nitro benzene ring substituents is 1. The van der Waals surface area contributed by atoms with Crippen LogP contribution in [0.5, 0.6) is 5.75 Å². The number of nitro groups is 1. The molecule has 7 heteroatoms. The summed E-state index contributed by atoms with van der Waals surface area (Å²) in [7, 11) is 0. The molecule has 18 heavy (non-hydrogen) atoms. The zero-order valence-electron chi connectivity index (χ0n) is 9.42. The van der Waals surface area contributed by atoms with Gasteiger partial charge in [0, 0.05) is 18.2 Å². The molecule has 2 N–H and O–H groups in total. The first-order chi connectivity index (χ1) is 8.63. The highest BCUT2D eigenvalue weighted by Crippen LogP contribution is 2.35. The van der Waals surface area contributed by atoms with Crippen LogP contribution in [0.2, 0.25) is 0 Å². The zero-order chi connectivity index (χ0) is 13.1. The molecule has 0 aromatic heterocycles. The summed E-state index contributed by atoms with van der Waals surface area (Å²) in [4.78, 5) is 10.1. The first-order valence-electron chi connectivity index (χ1n) is 5.36. The number of morpholine rings is 1. The Morgan fingerprint density at radius 3 is 2.94 bits per heavy atom. The van der Waals surface area contributed by atoms with E-state index in [1.54, 1.807) is 0 Å². The molecule has 94 valence electrons. The third-order valence-electron chi connectivity index (χ3n) is 2.74. The summed E-state index contributed by atoms with van der Waals surface area (Å²) in [6.45, 7) is 1.45. The number of aromatic hydroxyl groups is 1. The molecule has 1 fully saturated rings. The quantitative estimate of drug-likeness (QED) is 0.593. The van der Waals surface area contributed by atoms with E-state index in [2.05, 4.69) is 5.32 Å². The summed E-state index contributed by atoms with van der Waals surface area (Å²) in [6, 6.07) is 4.00. The van der Waals surface area contributed by atoms with E-state index in [0.717, 1.165) is 6.07 Å². The van der Waals surface area contributed by atoms with E-state index in [9.17, 15) is 15.2 Å². The Morgan fingerprint density at radius 2 is 2.39 bits per heavy atom. The highest BCUT2D eigenvalue weighted by atomic mass is 16.6. The Labute approximate surface area is 103 Å². The van der Waals surface area contributed by atoms with Crippen molar-refractivity contribution < 1.29 is 14.8 Å². The topological polar surface area (TPSA) is 108 Å². The summed E-state index contributed by atoms with van der Waals surface area (Å²) < 4.78 is 5.24. The number of hydrogen-bond acceptors (Lipinski definition) is 6.